The molecule has 1 N–H and O–H groups in total. The lowest BCUT2D eigenvalue weighted by atomic mass is 10.3. The molecule has 4 nitrogen and oxygen atoms in total. The molecule has 0 aliphatic carbocycles. The molecule has 0 bridgehead atoms. The van der Waals surface area contributed by atoms with Gasteiger partial charge in [0.25, 0.3) is 5.56 Å². The summed E-state index contributed by atoms with van der Waals surface area (Å²) in [5.74, 6) is 0.920. The minimum atomic E-state index is 0.127. The smallest absolute Gasteiger partial charge is 0.271 e. The highest BCUT2D eigenvalue weighted by Gasteiger charge is 2.15. The molecule has 1 aliphatic heterocycles. The predicted molar refractivity (Wildman–Crippen MR) is 65.2 cm³/mol. The number of nitrogens with one attached hydrogen (secondary N) is 1. The van der Waals surface area contributed by atoms with Gasteiger partial charge in [0, 0.05) is 26.1 Å². The van der Waals surface area contributed by atoms with Crippen molar-refractivity contribution in [1.29, 1.82) is 0 Å². The summed E-state index contributed by atoms with van der Waals surface area (Å²) in [7, 11) is 0. The molecule has 0 fully saturated rings. The Balaban J connectivity index is 2.35. The van der Waals surface area contributed by atoms with Crippen LogP contribution >= 0.6 is 11.3 Å². The van der Waals surface area contributed by atoms with Crippen LogP contribution in [-0.4, -0.2) is 22.6 Å². The van der Waals surface area contributed by atoms with Crippen LogP contribution in [0.3, 0.4) is 0 Å². The maximum atomic E-state index is 12.2. The SMILES string of the molecule is Cc1csc2c(=O)n3c(nc12)CCNCC3. The highest BCUT2D eigenvalue weighted by Crippen LogP contribution is 2.20. The van der Waals surface area contributed by atoms with Crippen LogP contribution in [-0.2, 0) is 13.0 Å². The van der Waals surface area contributed by atoms with Crippen LogP contribution < -0.4 is 10.9 Å². The summed E-state index contributed by atoms with van der Waals surface area (Å²) in [4.78, 5) is 16.9. The van der Waals surface area contributed by atoms with Crippen molar-refractivity contribution in [2.45, 2.75) is 19.9 Å². The van der Waals surface area contributed by atoms with Gasteiger partial charge in [0.15, 0.2) is 0 Å². The highest BCUT2D eigenvalue weighted by molar-refractivity contribution is 7.17. The third kappa shape index (κ3) is 1.39. The van der Waals surface area contributed by atoms with Gasteiger partial charge in [0.1, 0.15) is 10.5 Å². The van der Waals surface area contributed by atoms with Crippen LogP contribution in [0.1, 0.15) is 11.4 Å². The number of nitrogens with zero attached hydrogens (tertiary/aromatic N) is 2. The quantitative estimate of drug-likeness (QED) is 0.738. The molecular formula is C11H13N3OS. The van der Waals surface area contributed by atoms with E-state index in [0.29, 0.717) is 0 Å². The summed E-state index contributed by atoms with van der Waals surface area (Å²) in [6.45, 7) is 4.50. The molecule has 5 heteroatoms. The van der Waals surface area contributed by atoms with Crippen LogP contribution in [0.25, 0.3) is 10.2 Å². The van der Waals surface area contributed by atoms with E-state index in [1.165, 1.54) is 11.3 Å². The fourth-order valence-corrected chi connectivity index (χ4v) is 3.03. The molecular weight excluding hydrogens is 222 g/mol. The second-order valence-electron chi connectivity index (χ2n) is 4.08. The standard InChI is InChI=1S/C11H13N3OS/c1-7-6-16-10-9(7)13-8-2-3-12-4-5-14(8)11(10)15/h6,12H,2-5H2,1H3. The van der Waals surface area contributed by atoms with Gasteiger partial charge in [-0.15, -0.1) is 11.3 Å². The molecule has 0 spiro atoms. The van der Waals surface area contributed by atoms with E-state index in [1.54, 1.807) is 0 Å². The van der Waals surface area contributed by atoms with Crippen LogP contribution in [0.4, 0.5) is 0 Å². The molecule has 0 saturated heterocycles. The van der Waals surface area contributed by atoms with E-state index < -0.39 is 0 Å². The van der Waals surface area contributed by atoms with Crippen molar-refractivity contribution in [3.63, 3.8) is 0 Å². The average molecular weight is 235 g/mol. The molecule has 0 amide bonds. The predicted octanol–water partition coefficient (Wildman–Crippen LogP) is 0.912. The van der Waals surface area contributed by atoms with Crippen molar-refractivity contribution >= 4 is 21.6 Å². The lowest BCUT2D eigenvalue weighted by molar-refractivity contribution is 0.627. The number of fused-ring (bicyclic) bond motifs is 2. The van der Waals surface area contributed by atoms with E-state index in [-0.39, 0.29) is 5.56 Å². The fourth-order valence-electron chi connectivity index (χ4n) is 2.10. The van der Waals surface area contributed by atoms with Crippen molar-refractivity contribution in [2.75, 3.05) is 13.1 Å². The van der Waals surface area contributed by atoms with Crippen LogP contribution in [0.2, 0.25) is 0 Å². The van der Waals surface area contributed by atoms with Gasteiger partial charge in [0.05, 0.1) is 5.52 Å². The molecule has 2 aromatic heterocycles. The zero-order valence-electron chi connectivity index (χ0n) is 9.12. The zero-order valence-corrected chi connectivity index (χ0v) is 9.93. The molecule has 0 unspecified atom stereocenters. The van der Waals surface area contributed by atoms with Gasteiger partial charge in [-0.25, -0.2) is 4.98 Å². The van der Waals surface area contributed by atoms with E-state index >= 15 is 0 Å². The molecule has 0 aromatic carbocycles. The normalized spacial score (nSPS) is 16.1. The molecule has 0 atom stereocenters. The molecule has 16 heavy (non-hydrogen) atoms. The Morgan fingerprint density at radius 2 is 2.38 bits per heavy atom. The minimum absolute atomic E-state index is 0.127. The Morgan fingerprint density at radius 1 is 1.50 bits per heavy atom. The van der Waals surface area contributed by atoms with Crippen molar-refractivity contribution in [3.8, 4) is 0 Å². The Bertz CT molecular complexity index is 599. The lowest BCUT2D eigenvalue weighted by Crippen LogP contribution is -2.25. The Labute approximate surface area is 96.9 Å². The Morgan fingerprint density at radius 3 is 3.25 bits per heavy atom. The number of rotatable bonds is 0. The molecule has 3 rings (SSSR count). The van der Waals surface area contributed by atoms with E-state index in [2.05, 4.69) is 10.3 Å². The van der Waals surface area contributed by atoms with Crippen LogP contribution in [0.15, 0.2) is 10.2 Å². The van der Waals surface area contributed by atoms with E-state index in [9.17, 15) is 4.79 Å². The topological polar surface area (TPSA) is 46.9 Å². The largest absolute Gasteiger partial charge is 0.315 e. The average Bonchev–Trinajstić information content (AvgIpc) is 2.52. The first-order valence-corrected chi connectivity index (χ1v) is 6.33. The summed E-state index contributed by atoms with van der Waals surface area (Å²) in [5.41, 5.74) is 2.13. The van der Waals surface area contributed by atoms with Gasteiger partial charge >= 0.3 is 0 Å². The molecule has 84 valence electrons. The summed E-state index contributed by atoms with van der Waals surface area (Å²) in [5, 5.41) is 5.30. The summed E-state index contributed by atoms with van der Waals surface area (Å²) in [6, 6.07) is 0. The highest BCUT2D eigenvalue weighted by atomic mass is 32.1. The number of aryl methyl sites for hydroxylation is 1. The monoisotopic (exact) mass is 235 g/mol. The second kappa shape index (κ2) is 3.68. The van der Waals surface area contributed by atoms with Crippen molar-refractivity contribution < 1.29 is 0 Å². The van der Waals surface area contributed by atoms with Gasteiger partial charge in [0.2, 0.25) is 0 Å². The van der Waals surface area contributed by atoms with Crippen LogP contribution in [0.5, 0.6) is 0 Å². The lowest BCUT2D eigenvalue weighted by Gasteiger charge is -2.07. The van der Waals surface area contributed by atoms with E-state index in [4.69, 9.17) is 0 Å². The van der Waals surface area contributed by atoms with Crippen molar-refractivity contribution in [3.05, 3.63) is 27.1 Å². The van der Waals surface area contributed by atoms with Gasteiger partial charge < -0.3 is 5.32 Å². The Hall–Kier alpha value is -1.20. The first kappa shape index (κ1) is 9.99. The minimum Gasteiger partial charge on any atom is -0.315 e. The molecule has 0 saturated carbocycles. The molecule has 0 radical (unpaired) electrons. The number of hydrogen-bond acceptors (Lipinski definition) is 4. The number of thiophene rings is 1. The summed E-state index contributed by atoms with van der Waals surface area (Å²) >= 11 is 1.50. The van der Waals surface area contributed by atoms with Crippen molar-refractivity contribution in [2.24, 2.45) is 0 Å². The zero-order chi connectivity index (χ0) is 11.1. The van der Waals surface area contributed by atoms with Gasteiger partial charge in [-0.2, -0.15) is 0 Å². The van der Waals surface area contributed by atoms with Gasteiger partial charge in [-0.3, -0.25) is 9.36 Å². The number of aromatic nitrogens is 2. The first-order valence-electron chi connectivity index (χ1n) is 5.45. The third-order valence-electron chi connectivity index (χ3n) is 2.97. The first-order chi connectivity index (χ1) is 7.77. The van der Waals surface area contributed by atoms with E-state index in [0.717, 1.165) is 47.7 Å². The van der Waals surface area contributed by atoms with Crippen molar-refractivity contribution in [1.82, 2.24) is 14.9 Å². The van der Waals surface area contributed by atoms with Gasteiger partial charge in [-0.05, 0) is 17.9 Å². The fraction of sp³-hybridized carbons (Fsp3) is 0.455. The molecule has 1 aliphatic rings. The second-order valence-corrected chi connectivity index (χ2v) is 4.96. The van der Waals surface area contributed by atoms with Gasteiger partial charge in [-0.1, -0.05) is 0 Å². The summed E-state index contributed by atoms with van der Waals surface area (Å²) < 4.78 is 2.61. The Kier molecular flexibility index (Phi) is 2.29. The summed E-state index contributed by atoms with van der Waals surface area (Å²) in [6.07, 6.45) is 0.834. The van der Waals surface area contributed by atoms with E-state index in [1.807, 2.05) is 16.9 Å². The molecule has 2 aromatic rings. The molecule has 3 heterocycles. The third-order valence-corrected chi connectivity index (χ3v) is 4.05. The number of hydrogen-bond donors (Lipinski definition) is 1. The maximum Gasteiger partial charge on any atom is 0.271 e. The van der Waals surface area contributed by atoms with Crippen LogP contribution in [0, 0.1) is 6.92 Å². The maximum absolute atomic E-state index is 12.2.